The number of amides is 1. The summed E-state index contributed by atoms with van der Waals surface area (Å²) in [4.78, 5) is 12.5. The van der Waals surface area contributed by atoms with Crippen LogP contribution in [0.5, 0.6) is 11.5 Å². The minimum Gasteiger partial charge on any atom is -0.497 e. The van der Waals surface area contributed by atoms with Crippen LogP contribution in [0.2, 0.25) is 0 Å². The Hall–Kier alpha value is -2.54. The van der Waals surface area contributed by atoms with E-state index in [4.69, 9.17) is 9.47 Å². The number of benzene rings is 2. The quantitative estimate of drug-likeness (QED) is 0.612. The normalized spacial score (nSPS) is 12.2. The van der Waals surface area contributed by atoms with Crippen LogP contribution in [0.3, 0.4) is 0 Å². The van der Waals surface area contributed by atoms with Crippen LogP contribution >= 0.6 is 0 Å². The van der Waals surface area contributed by atoms with Crippen molar-refractivity contribution in [3.8, 4) is 11.5 Å². The van der Waals surface area contributed by atoms with Gasteiger partial charge < -0.3 is 14.8 Å². The van der Waals surface area contributed by atoms with E-state index in [-0.39, 0.29) is 16.8 Å². The number of nitrogens with one attached hydrogen (secondary N) is 1. The van der Waals surface area contributed by atoms with Crippen molar-refractivity contribution in [2.24, 2.45) is 0 Å². The standard InChI is InChI=1S/C21H27NO5S/c1-4-20(16-7-13-19(14-8-16)28(3,24)25)22-21(23)6-5-15-27-18-11-9-17(26-2)10-12-18/h7-14,20H,4-6,15H2,1-3H3,(H,22,23). The molecule has 2 aromatic rings. The number of carbonyl (C=O) groups excluding carboxylic acids is 1. The molecule has 0 heterocycles. The van der Waals surface area contributed by atoms with Gasteiger partial charge in [0.1, 0.15) is 11.5 Å². The first-order chi connectivity index (χ1) is 13.3. The molecule has 28 heavy (non-hydrogen) atoms. The predicted octanol–water partition coefficient (Wildman–Crippen LogP) is 3.53. The van der Waals surface area contributed by atoms with E-state index < -0.39 is 9.84 Å². The molecule has 0 spiro atoms. The van der Waals surface area contributed by atoms with E-state index in [9.17, 15) is 13.2 Å². The Morgan fingerprint density at radius 2 is 1.64 bits per heavy atom. The third-order valence-corrected chi connectivity index (χ3v) is 5.46. The van der Waals surface area contributed by atoms with Gasteiger partial charge in [-0.3, -0.25) is 4.79 Å². The molecule has 0 radical (unpaired) electrons. The van der Waals surface area contributed by atoms with E-state index in [1.165, 1.54) is 6.26 Å². The van der Waals surface area contributed by atoms with Gasteiger partial charge in [-0.25, -0.2) is 8.42 Å². The van der Waals surface area contributed by atoms with Crippen molar-refractivity contribution in [1.29, 1.82) is 0 Å². The Bertz CT molecular complexity index is 861. The summed E-state index contributed by atoms with van der Waals surface area (Å²) < 4.78 is 33.8. The second-order valence-corrected chi connectivity index (χ2v) is 8.51. The van der Waals surface area contributed by atoms with E-state index in [2.05, 4.69) is 5.32 Å². The number of sulfone groups is 1. The van der Waals surface area contributed by atoms with Gasteiger partial charge in [0, 0.05) is 12.7 Å². The third-order valence-electron chi connectivity index (χ3n) is 4.33. The van der Waals surface area contributed by atoms with Crippen molar-refractivity contribution in [3.63, 3.8) is 0 Å². The molecule has 0 aliphatic rings. The molecule has 7 heteroatoms. The molecule has 0 saturated carbocycles. The van der Waals surface area contributed by atoms with Crippen LogP contribution in [0.1, 0.15) is 37.8 Å². The van der Waals surface area contributed by atoms with Gasteiger partial charge in [0.05, 0.1) is 24.7 Å². The lowest BCUT2D eigenvalue weighted by atomic mass is 10.0. The number of hydrogen-bond acceptors (Lipinski definition) is 5. The van der Waals surface area contributed by atoms with E-state index >= 15 is 0 Å². The SMILES string of the molecule is CCC(NC(=O)CCCOc1ccc(OC)cc1)c1ccc(S(C)(=O)=O)cc1. The van der Waals surface area contributed by atoms with Crippen molar-refractivity contribution in [2.75, 3.05) is 20.0 Å². The van der Waals surface area contributed by atoms with Gasteiger partial charge in [0.25, 0.3) is 0 Å². The van der Waals surface area contributed by atoms with Crippen molar-refractivity contribution >= 4 is 15.7 Å². The molecule has 1 unspecified atom stereocenters. The van der Waals surface area contributed by atoms with Crippen LogP contribution in [0.15, 0.2) is 53.4 Å². The van der Waals surface area contributed by atoms with Gasteiger partial charge in [-0.05, 0) is 54.8 Å². The van der Waals surface area contributed by atoms with Crippen molar-refractivity contribution in [2.45, 2.75) is 37.1 Å². The van der Waals surface area contributed by atoms with E-state index in [1.54, 1.807) is 31.4 Å². The lowest BCUT2D eigenvalue weighted by Crippen LogP contribution is -2.28. The summed E-state index contributed by atoms with van der Waals surface area (Å²) in [7, 11) is -1.62. The minimum absolute atomic E-state index is 0.0580. The van der Waals surface area contributed by atoms with Crippen LogP contribution in [-0.4, -0.2) is 34.3 Å². The Morgan fingerprint density at radius 3 is 2.18 bits per heavy atom. The summed E-state index contributed by atoms with van der Waals surface area (Å²) in [5.74, 6) is 1.44. The van der Waals surface area contributed by atoms with Crippen LogP contribution < -0.4 is 14.8 Å². The van der Waals surface area contributed by atoms with Crippen LogP contribution in [0.4, 0.5) is 0 Å². The zero-order chi connectivity index (χ0) is 20.6. The second-order valence-electron chi connectivity index (χ2n) is 6.50. The average Bonchev–Trinajstić information content (AvgIpc) is 2.69. The molecule has 0 aliphatic carbocycles. The summed E-state index contributed by atoms with van der Waals surface area (Å²) in [5.41, 5.74) is 0.887. The maximum absolute atomic E-state index is 12.2. The maximum Gasteiger partial charge on any atom is 0.220 e. The highest BCUT2D eigenvalue weighted by atomic mass is 32.2. The molecule has 0 saturated heterocycles. The fourth-order valence-electron chi connectivity index (χ4n) is 2.73. The molecule has 0 fully saturated rings. The molecule has 1 amide bonds. The summed E-state index contributed by atoms with van der Waals surface area (Å²) in [6.45, 7) is 2.42. The smallest absolute Gasteiger partial charge is 0.220 e. The van der Waals surface area contributed by atoms with Gasteiger partial charge in [-0.1, -0.05) is 19.1 Å². The molecule has 2 rings (SSSR count). The van der Waals surface area contributed by atoms with Crippen molar-refractivity contribution in [1.82, 2.24) is 5.32 Å². The zero-order valence-electron chi connectivity index (χ0n) is 16.5. The number of methoxy groups -OCH3 is 1. The predicted molar refractivity (Wildman–Crippen MR) is 108 cm³/mol. The Labute approximate surface area is 166 Å². The van der Waals surface area contributed by atoms with E-state index in [1.807, 2.05) is 31.2 Å². The average molecular weight is 406 g/mol. The molecule has 0 bridgehead atoms. The van der Waals surface area contributed by atoms with E-state index in [0.717, 1.165) is 17.1 Å². The molecular formula is C21H27NO5S. The van der Waals surface area contributed by atoms with Gasteiger partial charge in [0.2, 0.25) is 5.91 Å². The highest BCUT2D eigenvalue weighted by Gasteiger charge is 2.14. The summed E-state index contributed by atoms with van der Waals surface area (Å²) in [5, 5.41) is 2.99. The fraction of sp³-hybridized carbons (Fsp3) is 0.381. The number of carbonyl (C=O) groups is 1. The highest BCUT2D eigenvalue weighted by Crippen LogP contribution is 2.20. The first-order valence-electron chi connectivity index (χ1n) is 9.19. The molecular weight excluding hydrogens is 378 g/mol. The van der Waals surface area contributed by atoms with Crippen LogP contribution in [0, 0.1) is 0 Å². The Balaban J connectivity index is 1.80. The lowest BCUT2D eigenvalue weighted by Gasteiger charge is -2.18. The highest BCUT2D eigenvalue weighted by molar-refractivity contribution is 7.90. The van der Waals surface area contributed by atoms with Crippen LogP contribution in [0.25, 0.3) is 0 Å². The van der Waals surface area contributed by atoms with Crippen LogP contribution in [-0.2, 0) is 14.6 Å². The first kappa shape index (κ1) is 21.8. The van der Waals surface area contributed by atoms with Gasteiger partial charge in [0.15, 0.2) is 9.84 Å². The molecule has 2 aromatic carbocycles. The largest absolute Gasteiger partial charge is 0.497 e. The van der Waals surface area contributed by atoms with Gasteiger partial charge in [-0.2, -0.15) is 0 Å². The second kappa shape index (κ2) is 10.1. The summed E-state index contributed by atoms with van der Waals surface area (Å²) in [6, 6.07) is 13.8. The molecule has 6 nitrogen and oxygen atoms in total. The molecule has 0 aromatic heterocycles. The third kappa shape index (κ3) is 6.56. The molecule has 1 N–H and O–H groups in total. The lowest BCUT2D eigenvalue weighted by molar-refractivity contribution is -0.122. The fourth-order valence-corrected chi connectivity index (χ4v) is 3.36. The molecule has 1 atom stereocenters. The summed E-state index contributed by atoms with van der Waals surface area (Å²) in [6.07, 6.45) is 2.84. The van der Waals surface area contributed by atoms with Crippen molar-refractivity contribution < 1.29 is 22.7 Å². The van der Waals surface area contributed by atoms with Crippen molar-refractivity contribution in [3.05, 3.63) is 54.1 Å². The Morgan fingerprint density at radius 1 is 1.04 bits per heavy atom. The number of ether oxygens (including phenoxy) is 2. The van der Waals surface area contributed by atoms with Gasteiger partial charge >= 0.3 is 0 Å². The Kier molecular flexibility index (Phi) is 7.87. The molecule has 0 aliphatic heterocycles. The topological polar surface area (TPSA) is 81.7 Å². The first-order valence-corrected chi connectivity index (χ1v) is 11.1. The monoisotopic (exact) mass is 405 g/mol. The number of rotatable bonds is 10. The minimum atomic E-state index is -3.23. The number of hydrogen-bond donors (Lipinski definition) is 1. The van der Waals surface area contributed by atoms with Gasteiger partial charge in [-0.15, -0.1) is 0 Å². The summed E-state index contributed by atoms with van der Waals surface area (Å²) >= 11 is 0. The maximum atomic E-state index is 12.2. The molecule has 152 valence electrons. The van der Waals surface area contributed by atoms with E-state index in [0.29, 0.717) is 25.9 Å². The zero-order valence-corrected chi connectivity index (χ0v) is 17.3.